The second-order valence-electron chi connectivity index (χ2n) is 6.76. The number of hydrogen-bond donors (Lipinski definition) is 2. The van der Waals surface area contributed by atoms with E-state index in [2.05, 4.69) is 20.8 Å². The Kier molecular flexibility index (Phi) is 4.44. The minimum Gasteiger partial charge on any atom is -0.506 e. The second-order valence-corrected chi connectivity index (χ2v) is 6.76. The predicted octanol–water partition coefficient (Wildman–Crippen LogP) is 3.22. The number of hydrogen-bond acceptors (Lipinski definition) is 5. The quantitative estimate of drug-likeness (QED) is 0.843. The van der Waals surface area contributed by atoms with Crippen LogP contribution >= 0.6 is 0 Å². The van der Waals surface area contributed by atoms with E-state index in [1.807, 2.05) is 6.20 Å². The van der Waals surface area contributed by atoms with Gasteiger partial charge in [0.25, 0.3) is 0 Å². The molecule has 0 radical (unpaired) electrons. The zero-order valence-electron chi connectivity index (χ0n) is 14.2. The molecule has 2 N–H and O–H groups in total. The van der Waals surface area contributed by atoms with Crippen molar-refractivity contribution in [2.45, 2.75) is 51.2 Å². The molecule has 0 aromatic carbocycles. The van der Waals surface area contributed by atoms with Crippen molar-refractivity contribution in [3.63, 3.8) is 0 Å². The van der Waals surface area contributed by atoms with E-state index in [-0.39, 0.29) is 12.4 Å². The van der Waals surface area contributed by atoms with Crippen LogP contribution in [0.15, 0.2) is 30.2 Å². The van der Waals surface area contributed by atoms with Crippen molar-refractivity contribution < 1.29 is 14.9 Å². The van der Waals surface area contributed by atoms with E-state index in [9.17, 15) is 10.2 Å². The Morgan fingerprint density at radius 1 is 1.20 bits per heavy atom. The minimum absolute atomic E-state index is 0.0374. The zero-order chi connectivity index (χ0) is 17.2. The SMILES string of the molecule is OCc1c(O)cncc1OCC1=C(c2ccnn2C2CC2)CCCC1. The first kappa shape index (κ1) is 16.1. The third-order valence-corrected chi connectivity index (χ3v) is 5.01. The lowest BCUT2D eigenvalue weighted by Gasteiger charge is -2.22. The van der Waals surface area contributed by atoms with Crippen molar-refractivity contribution in [1.82, 2.24) is 14.8 Å². The van der Waals surface area contributed by atoms with Gasteiger partial charge in [-0.15, -0.1) is 0 Å². The fourth-order valence-electron chi connectivity index (χ4n) is 3.51. The molecule has 4 rings (SSSR count). The summed E-state index contributed by atoms with van der Waals surface area (Å²) in [5.41, 5.74) is 4.23. The maximum Gasteiger partial charge on any atom is 0.147 e. The highest BCUT2D eigenvalue weighted by atomic mass is 16.5. The number of pyridine rings is 1. The average molecular weight is 341 g/mol. The van der Waals surface area contributed by atoms with E-state index in [1.165, 1.54) is 42.3 Å². The first-order valence-corrected chi connectivity index (χ1v) is 8.92. The van der Waals surface area contributed by atoms with Gasteiger partial charge in [0.15, 0.2) is 0 Å². The van der Waals surface area contributed by atoms with Crippen LogP contribution in [-0.2, 0) is 6.61 Å². The van der Waals surface area contributed by atoms with Crippen LogP contribution in [0.4, 0.5) is 0 Å². The van der Waals surface area contributed by atoms with Gasteiger partial charge in [0.1, 0.15) is 18.1 Å². The number of aliphatic hydroxyl groups excluding tert-OH is 1. The molecular weight excluding hydrogens is 318 g/mol. The fraction of sp³-hybridized carbons (Fsp3) is 0.474. The third kappa shape index (κ3) is 3.26. The molecule has 0 aliphatic heterocycles. The van der Waals surface area contributed by atoms with E-state index < -0.39 is 0 Å². The molecule has 1 saturated carbocycles. The lowest BCUT2D eigenvalue weighted by Crippen LogP contribution is -2.12. The van der Waals surface area contributed by atoms with Crippen molar-refractivity contribution in [3.05, 3.63) is 41.5 Å². The number of ether oxygens (including phenoxy) is 1. The second kappa shape index (κ2) is 6.88. The highest BCUT2D eigenvalue weighted by molar-refractivity contribution is 5.67. The van der Waals surface area contributed by atoms with Gasteiger partial charge in [0, 0.05) is 6.20 Å². The minimum atomic E-state index is -0.274. The van der Waals surface area contributed by atoms with Gasteiger partial charge in [-0.2, -0.15) is 5.10 Å². The van der Waals surface area contributed by atoms with Crippen LogP contribution in [0, 0.1) is 0 Å². The van der Waals surface area contributed by atoms with Crippen LogP contribution in [0.25, 0.3) is 5.57 Å². The van der Waals surface area contributed by atoms with Crippen LogP contribution in [0.5, 0.6) is 11.5 Å². The molecule has 0 spiro atoms. The molecule has 1 fully saturated rings. The van der Waals surface area contributed by atoms with Crippen LogP contribution in [0.1, 0.15) is 55.8 Å². The molecule has 2 aromatic heterocycles. The number of allylic oxidation sites excluding steroid dienone is 1. The number of aliphatic hydroxyl groups is 1. The van der Waals surface area contributed by atoms with Gasteiger partial charge in [-0.1, -0.05) is 0 Å². The summed E-state index contributed by atoms with van der Waals surface area (Å²) in [6.07, 6.45) is 11.6. The molecule has 0 amide bonds. The summed E-state index contributed by atoms with van der Waals surface area (Å²) in [5, 5.41) is 23.8. The van der Waals surface area contributed by atoms with E-state index >= 15 is 0 Å². The van der Waals surface area contributed by atoms with Crippen molar-refractivity contribution in [1.29, 1.82) is 0 Å². The van der Waals surface area contributed by atoms with E-state index in [1.54, 1.807) is 6.20 Å². The molecule has 0 unspecified atom stereocenters. The normalized spacial score (nSPS) is 17.8. The summed E-state index contributed by atoms with van der Waals surface area (Å²) in [4.78, 5) is 3.95. The molecule has 6 nitrogen and oxygen atoms in total. The maximum absolute atomic E-state index is 9.81. The fourth-order valence-corrected chi connectivity index (χ4v) is 3.51. The Morgan fingerprint density at radius 2 is 2.04 bits per heavy atom. The number of nitrogens with zero attached hydrogens (tertiary/aromatic N) is 3. The molecule has 0 bridgehead atoms. The summed E-state index contributed by atoms with van der Waals surface area (Å²) < 4.78 is 8.08. The summed E-state index contributed by atoms with van der Waals surface area (Å²) in [6.45, 7) is 0.174. The summed E-state index contributed by atoms with van der Waals surface area (Å²) in [6, 6.07) is 2.66. The summed E-state index contributed by atoms with van der Waals surface area (Å²) in [5.74, 6) is 0.403. The molecule has 2 aliphatic rings. The van der Waals surface area contributed by atoms with Crippen LogP contribution in [0.2, 0.25) is 0 Å². The molecule has 2 aromatic rings. The molecule has 2 heterocycles. The first-order chi connectivity index (χ1) is 12.3. The number of aromatic nitrogens is 3. The van der Waals surface area contributed by atoms with Crippen LogP contribution in [0.3, 0.4) is 0 Å². The topological polar surface area (TPSA) is 80.4 Å². The van der Waals surface area contributed by atoms with Crippen molar-refractivity contribution >= 4 is 5.57 Å². The highest BCUT2D eigenvalue weighted by Gasteiger charge is 2.28. The van der Waals surface area contributed by atoms with E-state index in [4.69, 9.17) is 4.74 Å². The molecule has 0 atom stereocenters. The summed E-state index contributed by atoms with van der Waals surface area (Å²) in [7, 11) is 0. The number of aromatic hydroxyl groups is 1. The first-order valence-electron chi connectivity index (χ1n) is 8.92. The average Bonchev–Trinajstić information content (AvgIpc) is 3.37. The Labute approximate surface area is 146 Å². The van der Waals surface area contributed by atoms with Gasteiger partial charge >= 0.3 is 0 Å². The highest BCUT2D eigenvalue weighted by Crippen LogP contribution is 2.40. The molecule has 25 heavy (non-hydrogen) atoms. The molecule has 0 saturated heterocycles. The molecule has 6 heteroatoms. The van der Waals surface area contributed by atoms with E-state index in [0.717, 1.165) is 19.3 Å². The van der Waals surface area contributed by atoms with E-state index in [0.29, 0.717) is 24.0 Å². The lowest BCUT2D eigenvalue weighted by molar-refractivity contribution is 0.260. The number of rotatable bonds is 6. The van der Waals surface area contributed by atoms with Gasteiger partial charge < -0.3 is 14.9 Å². The Balaban J connectivity index is 1.60. The van der Waals surface area contributed by atoms with Crippen molar-refractivity contribution in [3.8, 4) is 11.5 Å². The zero-order valence-corrected chi connectivity index (χ0v) is 14.2. The van der Waals surface area contributed by atoms with Gasteiger partial charge in [0.05, 0.1) is 36.3 Å². The smallest absolute Gasteiger partial charge is 0.147 e. The van der Waals surface area contributed by atoms with Crippen molar-refractivity contribution in [2.75, 3.05) is 6.61 Å². The molecule has 132 valence electrons. The Hall–Kier alpha value is -2.34. The molecule has 2 aliphatic carbocycles. The monoisotopic (exact) mass is 341 g/mol. The molecular formula is C19H23N3O3. The third-order valence-electron chi connectivity index (χ3n) is 5.01. The standard InChI is InChI=1S/C19H23N3O3/c23-11-16-18(24)9-20-10-19(16)25-12-13-3-1-2-4-15(13)17-7-8-21-22(17)14-5-6-14/h7-10,14,23-24H,1-6,11-12H2. The maximum atomic E-state index is 9.81. The lowest BCUT2D eigenvalue weighted by atomic mass is 9.90. The predicted molar refractivity (Wildman–Crippen MR) is 93.2 cm³/mol. The van der Waals surface area contributed by atoms with Crippen LogP contribution in [-0.4, -0.2) is 31.6 Å². The van der Waals surface area contributed by atoms with Gasteiger partial charge in [0.2, 0.25) is 0 Å². The van der Waals surface area contributed by atoms with Gasteiger partial charge in [-0.25, -0.2) is 0 Å². The van der Waals surface area contributed by atoms with Gasteiger partial charge in [-0.05, 0) is 55.7 Å². The largest absolute Gasteiger partial charge is 0.506 e. The summed E-state index contributed by atoms with van der Waals surface area (Å²) >= 11 is 0. The Bertz CT molecular complexity index is 793. The van der Waals surface area contributed by atoms with Crippen LogP contribution < -0.4 is 4.74 Å². The van der Waals surface area contributed by atoms with Gasteiger partial charge in [-0.3, -0.25) is 9.67 Å². The van der Waals surface area contributed by atoms with Crippen molar-refractivity contribution in [2.24, 2.45) is 0 Å². The Morgan fingerprint density at radius 3 is 2.84 bits per heavy atom.